The first kappa shape index (κ1) is 28.2. The summed E-state index contributed by atoms with van der Waals surface area (Å²) in [6.07, 6.45) is 3.27. The molecule has 3 aromatic carbocycles. The lowest BCUT2D eigenvalue weighted by Gasteiger charge is -2.31. The van der Waals surface area contributed by atoms with Gasteiger partial charge < -0.3 is 9.80 Å². The van der Waals surface area contributed by atoms with E-state index in [2.05, 4.69) is 30.9 Å². The molecule has 204 valence electrons. The lowest BCUT2D eigenvalue weighted by Crippen LogP contribution is -2.41. The maximum absolute atomic E-state index is 14.0. The van der Waals surface area contributed by atoms with Crippen molar-refractivity contribution in [2.24, 2.45) is 0 Å². The third-order valence-corrected chi connectivity index (χ3v) is 7.46. The van der Waals surface area contributed by atoms with E-state index >= 15 is 0 Å². The average Bonchev–Trinajstić information content (AvgIpc) is 2.93. The number of para-hydroxylation sites is 1. The van der Waals surface area contributed by atoms with Crippen LogP contribution in [0.2, 0.25) is 0 Å². The summed E-state index contributed by atoms with van der Waals surface area (Å²) in [5, 5.41) is 0.556. The number of carbonyl (C=O) groups excluding carboxylic acids is 1. The van der Waals surface area contributed by atoms with Crippen LogP contribution in [-0.4, -0.2) is 52.4 Å². The monoisotopic (exact) mass is 524 g/mol. The Labute approximate surface area is 231 Å². The van der Waals surface area contributed by atoms with Crippen LogP contribution in [0.3, 0.4) is 0 Å². The number of hydrogen-bond acceptors (Lipinski definition) is 4. The summed E-state index contributed by atoms with van der Waals surface area (Å²) >= 11 is 0. The van der Waals surface area contributed by atoms with Crippen LogP contribution in [0, 0.1) is 13.8 Å². The number of carbonyl (C=O) groups is 1. The Morgan fingerprint density at radius 1 is 0.949 bits per heavy atom. The van der Waals surface area contributed by atoms with Crippen LogP contribution < -0.4 is 5.56 Å². The predicted octanol–water partition coefficient (Wildman–Crippen LogP) is 6.11. The molecule has 1 heterocycles. The second kappa shape index (κ2) is 12.4. The molecule has 0 aliphatic rings. The van der Waals surface area contributed by atoms with Gasteiger partial charge in [-0.05, 0) is 101 Å². The number of unbranched alkanes of at least 4 members (excludes halogenated alkanes) is 1. The molecule has 6 heteroatoms. The van der Waals surface area contributed by atoms with Crippen LogP contribution in [0.5, 0.6) is 0 Å². The van der Waals surface area contributed by atoms with Crippen molar-refractivity contribution in [1.82, 2.24) is 19.4 Å². The third kappa shape index (κ3) is 6.28. The Morgan fingerprint density at radius 2 is 1.67 bits per heavy atom. The highest BCUT2D eigenvalue weighted by Gasteiger charge is 2.28. The molecule has 0 N–H and O–H groups in total. The van der Waals surface area contributed by atoms with Crippen molar-refractivity contribution in [1.29, 1.82) is 0 Å². The molecule has 39 heavy (non-hydrogen) atoms. The molecule has 0 aliphatic carbocycles. The molecule has 0 saturated carbocycles. The summed E-state index contributed by atoms with van der Waals surface area (Å²) in [4.78, 5) is 36.8. The molecular formula is C33H40N4O2. The minimum Gasteiger partial charge on any atom is -0.327 e. The SMILES string of the molecule is CCCCc1ccc(C(=O)N(CCN(C)C)C(C)c2nc3ccccc3c(=O)n2-c2ccc(C)c(C)c2)cc1. The molecule has 1 aromatic heterocycles. The van der Waals surface area contributed by atoms with E-state index in [-0.39, 0.29) is 11.5 Å². The first-order chi connectivity index (χ1) is 18.7. The van der Waals surface area contributed by atoms with Crippen molar-refractivity contribution >= 4 is 16.8 Å². The molecule has 4 rings (SSSR count). The van der Waals surface area contributed by atoms with Gasteiger partial charge in [0.15, 0.2) is 0 Å². The zero-order chi connectivity index (χ0) is 28.1. The second-order valence-corrected chi connectivity index (χ2v) is 10.7. The molecule has 0 spiro atoms. The Bertz CT molecular complexity index is 1500. The zero-order valence-corrected chi connectivity index (χ0v) is 24.1. The molecule has 4 aromatic rings. The lowest BCUT2D eigenvalue weighted by atomic mass is 10.0. The van der Waals surface area contributed by atoms with Crippen molar-refractivity contribution in [3.05, 3.63) is 105 Å². The fourth-order valence-electron chi connectivity index (χ4n) is 4.82. The highest BCUT2D eigenvalue weighted by atomic mass is 16.2. The first-order valence-electron chi connectivity index (χ1n) is 13.8. The van der Waals surface area contributed by atoms with E-state index < -0.39 is 6.04 Å². The minimum atomic E-state index is -0.448. The molecule has 0 radical (unpaired) electrons. The van der Waals surface area contributed by atoms with E-state index in [9.17, 15) is 9.59 Å². The molecule has 0 saturated heterocycles. The van der Waals surface area contributed by atoms with Gasteiger partial charge in [0.25, 0.3) is 11.5 Å². The number of likely N-dealkylation sites (N-methyl/N-ethyl adjacent to an activating group) is 1. The van der Waals surface area contributed by atoms with Gasteiger partial charge in [-0.1, -0.05) is 43.7 Å². The van der Waals surface area contributed by atoms with E-state index in [4.69, 9.17) is 4.98 Å². The van der Waals surface area contributed by atoms with Crippen LogP contribution in [0.25, 0.3) is 16.6 Å². The van der Waals surface area contributed by atoms with Crippen LogP contribution in [0.15, 0.2) is 71.5 Å². The number of benzene rings is 3. The van der Waals surface area contributed by atoms with E-state index in [0.717, 1.165) is 36.1 Å². The van der Waals surface area contributed by atoms with Crippen LogP contribution in [0.1, 0.15) is 65.6 Å². The molecule has 0 fully saturated rings. The summed E-state index contributed by atoms with van der Waals surface area (Å²) in [6.45, 7) is 9.43. The van der Waals surface area contributed by atoms with Gasteiger partial charge in [0.05, 0.1) is 22.6 Å². The topological polar surface area (TPSA) is 58.4 Å². The summed E-state index contributed by atoms with van der Waals surface area (Å²) in [5.74, 6) is 0.481. The minimum absolute atomic E-state index is 0.0690. The van der Waals surface area contributed by atoms with Gasteiger partial charge in [0.1, 0.15) is 5.82 Å². The van der Waals surface area contributed by atoms with E-state index in [1.54, 1.807) is 4.57 Å². The quantitative estimate of drug-likeness (QED) is 0.251. The van der Waals surface area contributed by atoms with Crippen molar-refractivity contribution in [3.63, 3.8) is 0 Å². The number of amides is 1. The zero-order valence-electron chi connectivity index (χ0n) is 24.1. The number of aryl methyl sites for hydroxylation is 3. The van der Waals surface area contributed by atoms with Gasteiger partial charge >= 0.3 is 0 Å². The van der Waals surface area contributed by atoms with Crippen LogP contribution in [0.4, 0.5) is 0 Å². The number of nitrogens with zero attached hydrogens (tertiary/aromatic N) is 4. The summed E-state index contributed by atoms with van der Waals surface area (Å²) < 4.78 is 1.68. The van der Waals surface area contributed by atoms with Crippen molar-refractivity contribution in [2.45, 2.75) is 53.0 Å². The van der Waals surface area contributed by atoms with Gasteiger partial charge in [-0.15, -0.1) is 0 Å². The molecule has 1 atom stereocenters. The Kier molecular flexibility index (Phi) is 8.97. The van der Waals surface area contributed by atoms with Crippen molar-refractivity contribution in [3.8, 4) is 5.69 Å². The molecule has 0 bridgehead atoms. The molecular weight excluding hydrogens is 484 g/mol. The molecule has 6 nitrogen and oxygen atoms in total. The van der Waals surface area contributed by atoms with E-state index in [1.165, 1.54) is 5.56 Å². The van der Waals surface area contributed by atoms with Gasteiger partial charge in [-0.25, -0.2) is 4.98 Å². The van der Waals surface area contributed by atoms with Gasteiger partial charge in [-0.3, -0.25) is 14.2 Å². The number of aromatic nitrogens is 2. The summed E-state index contributed by atoms with van der Waals surface area (Å²) in [7, 11) is 3.99. The third-order valence-electron chi connectivity index (χ3n) is 7.46. The second-order valence-electron chi connectivity index (χ2n) is 10.7. The Hall–Kier alpha value is -3.77. The molecule has 1 amide bonds. The predicted molar refractivity (Wildman–Crippen MR) is 160 cm³/mol. The molecule has 1 unspecified atom stereocenters. The van der Waals surface area contributed by atoms with E-state index in [1.807, 2.05) is 87.4 Å². The number of fused-ring (bicyclic) bond motifs is 1. The number of rotatable bonds is 10. The fraction of sp³-hybridized carbons (Fsp3) is 0.364. The van der Waals surface area contributed by atoms with Crippen LogP contribution in [-0.2, 0) is 6.42 Å². The smallest absolute Gasteiger partial charge is 0.266 e. The van der Waals surface area contributed by atoms with Crippen molar-refractivity contribution in [2.75, 3.05) is 27.2 Å². The maximum Gasteiger partial charge on any atom is 0.266 e. The fourth-order valence-corrected chi connectivity index (χ4v) is 4.82. The van der Waals surface area contributed by atoms with Gasteiger partial charge in [-0.2, -0.15) is 0 Å². The van der Waals surface area contributed by atoms with Gasteiger partial charge in [0.2, 0.25) is 0 Å². The Balaban J connectivity index is 1.83. The van der Waals surface area contributed by atoms with Crippen LogP contribution >= 0.6 is 0 Å². The molecule has 0 aliphatic heterocycles. The van der Waals surface area contributed by atoms with Gasteiger partial charge in [0, 0.05) is 18.7 Å². The Morgan fingerprint density at radius 3 is 2.33 bits per heavy atom. The summed E-state index contributed by atoms with van der Waals surface area (Å²) in [5.41, 5.74) is 5.37. The van der Waals surface area contributed by atoms with E-state index in [0.29, 0.717) is 35.4 Å². The maximum atomic E-state index is 14.0. The normalized spacial score (nSPS) is 12.2. The number of hydrogen-bond donors (Lipinski definition) is 0. The first-order valence-corrected chi connectivity index (χ1v) is 13.8. The average molecular weight is 525 g/mol. The van der Waals surface area contributed by atoms with Crippen molar-refractivity contribution < 1.29 is 4.79 Å². The largest absolute Gasteiger partial charge is 0.327 e. The highest BCUT2D eigenvalue weighted by Crippen LogP contribution is 2.25. The highest BCUT2D eigenvalue weighted by molar-refractivity contribution is 5.94. The summed E-state index contributed by atoms with van der Waals surface area (Å²) in [6, 6.07) is 20.9. The standard InChI is InChI=1S/C33H40N4O2/c1-7-8-11-26-15-17-27(18-16-26)32(38)36(21-20-35(5)6)25(4)31-34-30-13-10-9-12-29(30)33(39)37(31)28-19-14-23(2)24(3)22-28/h9-10,12-19,22,25H,7-8,11,20-21H2,1-6H3. The lowest BCUT2D eigenvalue weighted by molar-refractivity contribution is 0.0667.